The smallest absolute Gasteiger partial charge is 0.123 e. The van der Waals surface area contributed by atoms with Gasteiger partial charge in [-0.05, 0) is 45.9 Å². The van der Waals surface area contributed by atoms with E-state index in [-0.39, 0.29) is 11.4 Å². The van der Waals surface area contributed by atoms with Gasteiger partial charge in [0.1, 0.15) is 5.82 Å². The zero-order valence-electron chi connectivity index (χ0n) is 11.6. The zero-order chi connectivity index (χ0) is 13.9. The number of halogens is 1. The van der Waals surface area contributed by atoms with Crippen LogP contribution in [-0.4, -0.2) is 17.2 Å². The molecule has 2 nitrogen and oxygen atoms in total. The molecule has 0 aromatic heterocycles. The van der Waals surface area contributed by atoms with Gasteiger partial charge in [0, 0.05) is 23.3 Å². The molecule has 1 atom stereocenters. The third-order valence-electron chi connectivity index (χ3n) is 2.85. The Hall–Kier alpha value is -1.35. The molecule has 0 bridgehead atoms. The van der Waals surface area contributed by atoms with E-state index in [9.17, 15) is 9.50 Å². The monoisotopic (exact) mass is 251 g/mol. The van der Waals surface area contributed by atoms with Crippen LogP contribution in [0.25, 0.3) is 0 Å². The van der Waals surface area contributed by atoms with Crippen LogP contribution in [0.1, 0.15) is 39.4 Å². The van der Waals surface area contributed by atoms with Gasteiger partial charge in [-0.1, -0.05) is 6.08 Å². The molecule has 100 valence electrons. The van der Waals surface area contributed by atoms with Crippen LogP contribution < -0.4 is 4.90 Å². The molecule has 3 heteroatoms. The lowest BCUT2D eigenvalue weighted by molar-refractivity contribution is 0.199. The first-order valence-corrected chi connectivity index (χ1v) is 6.13. The Labute approximate surface area is 109 Å². The molecule has 0 aliphatic rings. The van der Waals surface area contributed by atoms with Crippen molar-refractivity contribution in [1.29, 1.82) is 0 Å². The average Bonchev–Trinajstić information content (AvgIpc) is 2.24. The lowest BCUT2D eigenvalue weighted by atomic mass is 10.0. The van der Waals surface area contributed by atoms with Gasteiger partial charge in [0.15, 0.2) is 0 Å². The normalized spacial score (nSPS) is 13.2. The summed E-state index contributed by atoms with van der Waals surface area (Å²) in [7, 11) is 0. The Kier molecular flexibility index (Phi) is 4.52. The van der Waals surface area contributed by atoms with Crippen LogP contribution >= 0.6 is 0 Å². The highest BCUT2D eigenvalue weighted by Crippen LogP contribution is 2.31. The second-order valence-electron chi connectivity index (χ2n) is 5.45. The van der Waals surface area contributed by atoms with Crippen LogP contribution in [0.4, 0.5) is 10.1 Å². The van der Waals surface area contributed by atoms with Gasteiger partial charge in [0.2, 0.25) is 0 Å². The highest BCUT2D eigenvalue weighted by molar-refractivity contribution is 5.57. The number of aliphatic hydroxyl groups is 1. The largest absolute Gasteiger partial charge is 0.389 e. The van der Waals surface area contributed by atoms with Crippen molar-refractivity contribution >= 4 is 5.69 Å². The van der Waals surface area contributed by atoms with Gasteiger partial charge in [0.05, 0.1) is 6.10 Å². The first-order chi connectivity index (χ1) is 8.27. The molecule has 0 saturated carbocycles. The summed E-state index contributed by atoms with van der Waals surface area (Å²) in [6.07, 6.45) is 1.10. The van der Waals surface area contributed by atoms with Crippen LogP contribution in [0.15, 0.2) is 30.9 Å². The lowest BCUT2D eigenvalue weighted by Gasteiger charge is -2.38. The van der Waals surface area contributed by atoms with Gasteiger partial charge in [-0.3, -0.25) is 0 Å². The minimum atomic E-state index is -0.703. The van der Waals surface area contributed by atoms with Gasteiger partial charge < -0.3 is 10.0 Å². The van der Waals surface area contributed by atoms with E-state index < -0.39 is 6.10 Å². The van der Waals surface area contributed by atoms with Gasteiger partial charge in [0.25, 0.3) is 0 Å². The van der Waals surface area contributed by atoms with E-state index >= 15 is 0 Å². The number of aliphatic hydroxyl groups excluding tert-OH is 1. The molecular weight excluding hydrogens is 229 g/mol. The second kappa shape index (κ2) is 5.53. The lowest BCUT2D eigenvalue weighted by Crippen LogP contribution is -2.42. The van der Waals surface area contributed by atoms with Crippen molar-refractivity contribution < 1.29 is 9.50 Å². The Bertz CT molecular complexity index is 421. The van der Waals surface area contributed by atoms with E-state index in [0.717, 1.165) is 5.69 Å². The van der Waals surface area contributed by atoms with Crippen molar-refractivity contribution in [2.45, 2.75) is 39.3 Å². The summed E-state index contributed by atoms with van der Waals surface area (Å²) in [6.45, 7) is 12.3. The highest BCUT2D eigenvalue weighted by Gasteiger charge is 2.24. The molecule has 0 radical (unpaired) electrons. The maximum absolute atomic E-state index is 13.3. The van der Waals surface area contributed by atoms with Crippen LogP contribution in [0.5, 0.6) is 0 Å². The number of hydrogen-bond donors (Lipinski definition) is 1. The van der Waals surface area contributed by atoms with Crippen molar-refractivity contribution in [2.24, 2.45) is 0 Å². The van der Waals surface area contributed by atoms with Crippen LogP contribution in [0.2, 0.25) is 0 Å². The van der Waals surface area contributed by atoms with Crippen molar-refractivity contribution in [3.8, 4) is 0 Å². The number of rotatable bonds is 4. The molecule has 1 aromatic rings. The molecule has 0 unspecified atom stereocenters. The van der Waals surface area contributed by atoms with E-state index in [1.165, 1.54) is 12.1 Å². The fourth-order valence-corrected chi connectivity index (χ4v) is 1.97. The fraction of sp³-hybridized carbons (Fsp3) is 0.467. The molecule has 0 amide bonds. The Morgan fingerprint density at radius 2 is 2.06 bits per heavy atom. The molecule has 0 saturated heterocycles. The van der Waals surface area contributed by atoms with Gasteiger partial charge >= 0.3 is 0 Å². The maximum Gasteiger partial charge on any atom is 0.123 e. The van der Waals surface area contributed by atoms with Crippen molar-refractivity contribution in [2.75, 3.05) is 11.4 Å². The summed E-state index contributed by atoms with van der Waals surface area (Å²) in [4.78, 5) is 2.10. The van der Waals surface area contributed by atoms with Crippen LogP contribution in [0, 0.1) is 5.82 Å². The summed E-state index contributed by atoms with van der Waals surface area (Å²) in [6, 6.07) is 4.52. The SMILES string of the molecule is C=CCN(c1ccc(F)cc1[C@H](C)O)C(C)(C)C. The molecule has 0 aliphatic heterocycles. The molecule has 1 rings (SSSR count). The third kappa shape index (κ3) is 3.33. The molecule has 18 heavy (non-hydrogen) atoms. The molecule has 0 spiro atoms. The van der Waals surface area contributed by atoms with Gasteiger partial charge in [-0.15, -0.1) is 6.58 Å². The van der Waals surface area contributed by atoms with E-state index in [1.807, 2.05) is 0 Å². The Balaban J connectivity index is 3.31. The van der Waals surface area contributed by atoms with Crippen molar-refractivity contribution in [1.82, 2.24) is 0 Å². The summed E-state index contributed by atoms with van der Waals surface area (Å²) in [5, 5.41) is 9.79. The molecule has 0 fully saturated rings. The predicted molar refractivity (Wildman–Crippen MR) is 74.3 cm³/mol. The molecule has 0 aliphatic carbocycles. The van der Waals surface area contributed by atoms with Gasteiger partial charge in [-0.25, -0.2) is 4.39 Å². The predicted octanol–water partition coefficient (Wildman–Crippen LogP) is 3.67. The topological polar surface area (TPSA) is 23.5 Å². The minimum Gasteiger partial charge on any atom is -0.389 e. The summed E-state index contributed by atoms with van der Waals surface area (Å²) in [5.41, 5.74) is 1.32. The summed E-state index contributed by atoms with van der Waals surface area (Å²) in [5.74, 6) is -0.331. The minimum absolute atomic E-state index is 0.129. The molecular formula is C15H22FNO. The second-order valence-corrected chi connectivity index (χ2v) is 5.45. The summed E-state index contributed by atoms with van der Waals surface area (Å²) >= 11 is 0. The molecule has 1 N–H and O–H groups in total. The Morgan fingerprint density at radius 1 is 1.44 bits per heavy atom. The first-order valence-electron chi connectivity index (χ1n) is 6.13. The number of nitrogens with zero attached hydrogens (tertiary/aromatic N) is 1. The number of anilines is 1. The van der Waals surface area contributed by atoms with Crippen LogP contribution in [-0.2, 0) is 0 Å². The van der Waals surface area contributed by atoms with Crippen molar-refractivity contribution in [3.63, 3.8) is 0 Å². The van der Waals surface area contributed by atoms with E-state index in [0.29, 0.717) is 12.1 Å². The zero-order valence-corrected chi connectivity index (χ0v) is 11.6. The standard InChI is InChI=1S/C15H22FNO/c1-6-9-17(15(3,4)5)14-8-7-12(16)10-13(14)11(2)18/h6-8,10-11,18H,1,9H2,2-5H3/t11-/m0/s1. The quantitative estimate of drug-likeness (QED) is 0.825. The van der Waals surface area contributed by atoms with E-state index in [4.69, 9.17) is 0 Å². The van der Waals surface area contributed by atoms with Gasteiger partial charge in [-0.2, -0.15) is 0 Å². The number of hydrogen-bond acceptors (Lipinski definition) is 2. The van der Waals surface area contributed by atoms with E-state index in [2.05, 4.69) is 32.3 Å². The Morgan fingerprint density at radius 3 is 2.50 bits per heavy atom. The molecule has 1 aromatic carbocycles. The van der Waals surface area contributed by atoms with E-state index in [1.54, 1.807) is 19.1 Å². The fourth-order valence-electron chi connectivity index (χ4n) is 1.97. The third-order valence-corrected chi connectivity index (χ3v) is 2.85. The first kappa shape index (κ1) is 14.7. The average molecular weight is 251 g/mol. The molecule has 0 heterocycles. The van der Waals surface area contributed by atoms with Crippen LogP contribution in [0.3, 0.4) is 0 Å². The summed E-state index contributed by atoms with van der Waals surface area (Å²) < 4.78 is 13.3. The van der Waals surface area contributed by atoms with Crippen molar-refractivity contribution in [3.05, 3.63) is 42.2 Å². The number of benzene rings is 1. The highest BCUT2D eigenvalue weighted by atomic mass is 19.1. The maximum atomic E-state index is 13.3.